The second-order valence-corrected chi connectivity index (χ2v) is 7.79. The Bertz CT molecular complexity index is 1270. The molecule has 2 aromatic carbocycles. The number of phenolic OH excluding ortho intramolecular Hbond substituents is 2. The molecule has 2 heterocycles. The van der Waals surface area contributed by atoms with Gasteiger partial charge in [-0.15, -0.1) is 0 Å². The third-order valence-electron chi connectivity index (χ3n) is 5.66. The van der Waals surface area contributed by atoms with Gasteiger partial charge in [-0.05, 0) is 24.3 Å². The molecule has 1 aromatic heterocycles. The molecule has 3 aromatic rings. The molecule has 12 heteroatoms. The number of hydrogen-bond acceptors (Lipinski definition) is 12. The van der Waals surface area contributed by atoms with Crippen LogP contribution in [0.5, 0.6) is 28.7 Å². The van der Waals surface area contributed by atoms with Crippen molar-refractivity contribution in [2.75, 3.05) is 20.8 Å². The second kappa shape index (κ2) is 9.60. The van der Waals surface area contributed by atoms with Crippen molar-refractivity contribution < 1.29 is 54.0 Å². The number of fused-ring (bicyclic) bond motifs is 1. The molecule has 1 saturated heterocycles. The van der Waals surface area contributed by atoms with Crippen molar-refractivity contribution in [3.05, 3.63) is 40.6 Å². The predicted molar refractivity (Wildman–Crippen MR) is 119 cm³/mol. The number of phenols is 2. The number of aliphatic hydroxyl groups is 4. The first-order valence-corrected chi connectivity index (χ1v) is 10.4. The SMILES string of the molecule is COc1c(OC)c(O)c2c(=O)cc(-c3ccc(O)cc3)oc2c1OC1OC(CO)C(O)C(O)C1O. The van der Waals surface area contributed by atoms with Gasteiger partial charge in [-0.2, -0.15) is 0 Å². The summed E-state index contributed by atoms with van der Waals surface area (Å²) in [7, 11) is 2.44. The summed E-state index contributed by atoms with van der Waals surface area (Å²) in [5, 5.41) is 60.0. The summed E-state index contributed by atoms with van der Waals surface area (Å²) >= 11 is 0. The van der Waals surface area contributed by atoms with Gasteiger partial charge in [-0.3, -0.25) is 4.79 Å². The molecule has 1 fully saturated rings. The lowest BCUT2D eigenvalue weighted by molar-refractivity contribution is -0.277. The van der Waals surface area contributed by atoms with Gasteiger partial charge in [-0.1, -0.05) is 0 Å². The fraction of sp³-hybridized carbons (Fsp3) is 0.348. The molecule has 0 amide bonds. The zero-order valence-corrected chi connectivity index (χ0v) is 18.6. The van der Waals surface area contributed by atoms with E-state index in [4.69, 9.17) is 23.4 Å². The summed E-state index contributed by atoms with van der Waals surface area (Å²) in [6, 6.07) is 6.89. The van der Waals surface area contributed by atoms with Crippen LogP contribution in [0.25, 0.3) is 22.3 Å². The van der Waals surface area contributed by atoms with Gasteiger partial charge in [0.25, 0.3) is 0 Å². The molecule has 1 aliphatic heterocycles. The minimum Gasteiger partial charge on any atom is -0.508 e. The van der Waals surface area contributed by atoms with Crippen molar-refractivity contribution in [1.29, 1.82) is 0 Å². The first-order valence-electron chi connectivity index (χ1n) is 10.4. The Labute approximate surface area is 197 Å². The highest BCUT2D eigenvalue weighted by Crippen LogP contribution is 2.50. The van der Waals surface area contributed by atoms with Gasteiger partial charge in [0.2, 0.25) is 23.5 Å². The lowest BCUT2D eigenvalue weighted by Gasteiger charge is -2.39. The summed E-state index contributed by atoms with van der Waals surface area (Å²) in [5.74, 6) is -1.36. The van der Waals surface area contributed by atoms with Crippen LogP contribution in [0.4, 0.5) is 0 Å². The van der Waals surface area contributed by atoms with Crippen molar-refractivity contribution in [3.8, 4) is 40.1 Å². The molecular formula is C23H24O12. The van der Waals surface area contributed by atoms with Crippen LogP contribution in [-0.2, 0) is 4.74 Å². The molecule has 12 nitrogen and oxygen atoms in total. The summed E-state index contributed by atoms with van der Waals surface area (Å²) in [6.07, 6.45) is -8.06. The minimum absolute atomic E-state index is 0.00687. The molecule has 0 spiro atoms. The number of hydrogen-bond donors (Lipinski definition) is 6. The molecule has 1 aliphatic rings. The second-order valence-electron chi connectivity index (χ2n) is 7.79. The van der Waals surface area contributed by atoms with E-state index in [9.17, 15) is 35.4 Å². The Hall–Kier alpha value is -3.55. The molecule has 5 unspecified atom stereocenters. The summed E-state index contributed by atoms with van der Waals surface area (Å²) < 4.78 is 27.6. The van der Waals surface area contributed by atoms with Gasteiger partial charge < -0.3 is 54.0 Å². The number of ether oxygens (including phenoxy) is 4. The van der Waals surface area contributed by atoms with E-state index in [0.717, 1.165) is 6.07 Å². The van der Waals surface area contributed by atoms with Gasteiger partial charge in [0.1, 0.15) is 41.3 Å². The third kappa shape index (κ3) is 4.22. The van der Waals surface area contributed by atoms with Crippen LogP contribution in [0.15, 0.2) is 39.5 Å². The van der Waals surface area contributed by atoms with Crippen LogP contribution in [0.3, 0.4) is 0 Å². The number of methoxy groups -OCH3 is 2. The molecule has 0 saturated carbocycles. The van der Waals surface area contributed by atoms with Gasteiger partial charge >= 0.3 is 0 Å². The number of aromatic hydroxyl groups is 2. The van der Waals surface area contributed by atoms with E-state index in [1.165, 1.54) is 38.5 Å². The average molecular weight is 492 g/mol. The maximum absolute atomic E-state index is 13.0. The lowest BCUT2D eigenvalue weighted by Crippen LogP contribution is -2.60. The Morgan fingerprint density at radius 1 is 0.914 bits per heavy atom. The number of benzene rings is 2. The van der Waals surface area contributed by atoms with Crippen molar-refractivity contribution in [2.45, 2.75) is 30.7 Å². The molecule has 5 atom stereocenters. The molecule has 4 rings (SSSR count). The van der Waals surface area contributed by atoms with E-state index in [0.29, 0.717) is 5.56 Å². The van der Waals surface area contributed by atoms with Crippen LogP contribution in [-0.4, -0.2) is 82.2 Å². The van der Waals surface area contributed by atoms with Gasteiger partial charge in [0.15, 0.2) is 16.8 Å². The zero-order chi connectivity index (χ0) is 25.4. The Morgan fingerprint density at radius 3 is 2.17 bits per heavy atom. The van der Waals surface area contributed by atoms with Crippen molar-refractivity contribution in [3.63, 3.8) is 0 Å². The normalized spacial score (nSPS) is 24.3. The van der Waals surface area contributed by atoms with Crippen LogP contribution in [0, 0.1) is 0 Å². The van der Waals surface area contributed by atoms with Crippen molar-refractivity contribution in [1.82, 2.24) is 0 Å². The number of aliphatic hydroxyl groups excluding tert-OH is 4. The Kier molecular flexibility index (Phi) is 6.74. The summed E-state index contributed by atoms with van der Waals surface area (Å²) in [5.41, 5.74) is -0.561. The highest BCUT2D eigenvalue weighted by molar-refractivity contribution is 5.95. The predicted octanol–water partition coefficient (Wildman–Crippen LogP) is 0.0671. The molecule has 6 N–H and O–H groups in total. The first-order chi connectivity index (χ1) is 16.7. The van der Waals surface area contributed by atoms with E-state index < -0.39 is 48.5 Å². The maximum atomic E-state index is 13.0. The monoisotopic (exact) mass is 492 g/mol. The van der Waals surface area contributed by atoms with E-state index in [1.807, 2.05) is 0 Å². The zero-order valence-electron chi connectivity index (χ0n) is 18.6. The number of rotatable bonds is 6. The highest BCUT2D eigenvalue weighted by atomic mass is 16.7. The molecular weight excluding hydrogens is 468 g/mol. The quantitative estimate of drug-likeness (QED) is 0.272. The van der Waals surface area contributed by atoms with Gasteiger partial charge in [0.05, 0.1) is 20.8 Å². The van der Waals surface area contributed by atoms with E-state index >= 15 is 0 Å². The summed E-state index contributed by atoms with van der Waals surface area (Å²) in [6.45, 7) is -0.693. The van der Waals surface area contributed by atoms with E-state index in [2.05, 4.69) is 0 Å². The highest BCUT2D eigenvalue weighted by Gasteiger charge is 2.45. The maximum Gasteiger partial charge on any atom is 0.229 e. The van der Waals surface area contributed by atoms with Gasteiger partial charge in [-0.25, -0.2) is 0 Å². The molecule has 0 bridgehead atoms. The van der Waals surface area contributed by atoms with Crippen LogP contribution >= 0.6 is 0 Å². The largest absolute Gasteiger partial charge is 0.508 e. The van der Waals surface area contributed by atoms with Gasteiger partial charge in [0, 0.05) is 11.6 Å². The fourth-order valence-electron chi connectivity index (χ4n) is 3.84. The van der Waals surface area contributed by atoms with Crippen molar-refractivity contribution in [2.24, 2.45) is 0 Å². The van der Waals surface area contributed by atoms with E-state index in [1.54, 1.807) is 0 Å². The van der Waals surface area contributed by atoms with Crippen LogP contribution in [0.2, 0.25) is 0 Å². The van der Waals surface area contributed by atoms with Crippen LogP contribution < -0.4 is 19.6 Å². The topological polar surface area (TPSA) is 189 Å². The average Bonchev–Trinajstić information content (AvgIpc) is 2.85. The molecule has 0 radical (unpaired) electrons. The fourth-order valence-corrected chi connectivity index (χ4v) is 3.84. The molecule has 188 valence electrons. The minimum atomic E-state index is -1.78. The smallest absolute Gasteiger partial charge is 0.229 e. The standard InChI is InChI=1S/C23H24O12/c1-31-20-16(28)14-11(26)7-12(9-3-5-10(25)6-4-9)33-19(14)22(21(20)32-2)35-23-18(30)17(29)15(27)13(8-24)34-23/h3-7,13,15,17-18,23-25,27-30H,8H2,1-2H3. The molecule has 0 aliphatic carbocycles. The van der Waals surface area contributed by atoms with Crippen molar-refractivity contribution >= 4 is 11.0 Å². The van der Waals surface area contributed by atoms with E-state index in [-0.39, 0.29) is 39.7 Å². The lowest BCUT2D eigenvalue weighted by atomic mass is 9.99. The Balaban J connectivity index is 1.94. The summed E-state index contributed by atoms with van der Waals surface area (Å²) in [4.78, 5) is 13.0. The third-order valence-corrected chi connectivity index (χ3v) is 5.66. The van der Waals surface area contributed by atoms with Crippen LogP contribution in [0.1, 0.15) is 0 Å². The Morgan fingerprint density at radius 2 is 1.57 bits per heavy atom. The first kappa shape index (κ1) is 24.6. The molecule has 35 heavy (non-hydrogen) atoms.